The zero-order chi connectivity index (χ0) is 16.2. The number of amides is 1. The average molecular weight is 317 g/mol. The second-order valence-electron chi connectivity index (χ2n) is 6.02. The molecule has 1 aliphatic rings. The van der Waals surface area contributed by atoms with Gasteiger partial charge in [0, 0.05) is 44.1 Å². The van der Waals surface area contributed by atoms with E-state index in [1.807, 2.05) is 30.3 Å². The van der Waals surface area contributed by atoms with Crippen LogP contribution in [0.5, 0.6) is 0 Å². The number of aliphatic hydroxyl groups is 1. The SMILES string of the molecule is CN(CC(O)CN1CCOCC1)C(=O)c1cc2ccccc2[nH]1. The molecule has 1 aromatic heterocycles. The number of benzene rings is 1. The van der Waals surface area contributed by atoms with Crippen LogP contribution >= 0.6 is 0 Å². The van der Waals surface area contributed by atoms with Gasteiger partial charge >= 0.3 is 0 Å². The minimum Gasteiger partial charge on any atom is -0.390 e. The summed E-state index contributed by atoms with van der Waals surface area (Å²) < 4.78 is 5.30. The predicted octanol–water partition coefficient (Wildman–Crippen LogP) is 0.933. The molecular weight excluding hydrogens is 294 g/mol. The van der Waals surface area contributed by atoms with Crippen molar-refractivity contribution in [1.29, 1.82) is 0 Å². The van der Waals surface area contributed by atoms with Gasteiger partial charge < -0.3 is 19.7 Å². The number of para-hydroxylation sites is 1. The fourth-order valence-electron chi connectivity index (χ4n) is 2.93. The Hall–Kier alpha value is -1.89. The van der Waals surface area contributed by atoms with Crippen LogP contribution in [-0.2, 0) is 4.74 Å². The van der Waals surface area contributed by atoms with E-state index in [4.69, 9.17) is 4.74 Å². The van der Waals surface area contributed by atoms with Crippen molar-refractivity contribution in [3.63, 3.8) is 0 Å². The van der Waals surface area contributed by atoms with Crippen LogP contribution in [0, 0.1) is 0 Å². The number of rotatable bonds is 5. The number of aromatic nitrogens is 1. The third-order valence-corrected chi connectivity index (χ3v) is 4.16. The normalized spacial score (nSPS) is 17.3. The van der Waals surface area contributed by atoms with Crippen molar-refractivity contribution < 1.29 is 14.6 Å². The number of fused-ring (bicyclic) bond motifs is 1. The molecule has 3 rings (SSSR count). The Morgan fingerprint density at radius 1 is 1.39 bits per heavy atom. The molecule has 0 saturated carbocycles. The van der Waals surface area contributed by atoms with Crippen molar-refractivity contribution in [2.24, 2.45) is 0 Å². The molecule has 1 aromatic carbocycles. The molecule has 6 heteroatoms. The molecule has 1 fully saturated rings. The van der Waals surface area contributed by atoms with E-state index >= 15 is 0 Å². The van der Waals surface area contributed by atoms with Gasteiger partial charge in [-0.3, -0.25) is 9.69 Å². The monoisotopic (exact) mass is 317 g/mol. The molecule has 124 valence electrons. The van der Waals surface area contributed by atoms with E-state index in [1.54, 1.807) is 11.9 Å². The Kier molecular flexibility index (Phi) is 4.95. The zero-order valence-electron chi connectivity index (χ0n) is 13.4. The van der Waals surface area contributed by atoms with Crippen LogP contribution in [0.25, 0.3) is 10.9 Å². The van der Waals surface area contributed by atoms with Gasteiger partial charge in [-0.05, 0) is 12.1 Å². The Bertz CT molecular complexity index is 631. The van der Waals surface area contributed by atoms with Crippen molar-refractivity contribution >= 4 is 16.8 Å². The third kappa shape index (κ3) is 3.90. The van der Waals surface area contributed by atoms with Crippen molar-refractivity contribution in [3.8, 4) is 0 Å². The summed E-state index contributed by atoms with van der Waals surface area (Å²) in [5.74, 6) is -0.109. The van der Waals surface area contributed by atoms with Crippen molar-refractivity contribution in [2.75, 3.05) is 46.4 Å². The molecule has 0 aliphatic carbocycles. The first-order valence-corrected chi connectivity index (χ1v) is 7.95. The van der Waals surface area contributed by atoms with Gasteiger partial charge in [0.05, 0.1) is 19.3 Å². The number of hydrogen-bond acceptors (Lipinski definition) is 4. The lowest BCUT2D eigenvalue weighted by Gasteiger charge is -2.30. The molecule has 1 aliphatic heterocycles. The number of aliphatic hydroxyl groups excluding tert-OH is 1. The lowest BCUT2D eigenvalue weighted by Crippen LogP contribution is -2.45. The Balaban J connectivity index is 1.58. The Labute approximate surface area is 135 Å². The minimum atomic E-state index is -0.563. The lowest BCUT2D eigenvalue weighted by molar-refractivity contribution is 0.00875. The van der Waals surface area contributed by atoms with Gasteiger partial charge in [0.25, 0.3) is 5.91 Å². The molecule has 1 unspecified atom stereocenters. The van der Waals surface area contributed by atoms with Crippen LogP contribution in [0.2, 0.25) is 0 Å². The van der Waals surface area contributed by atoms with Crippen LogP contribution in [0.3, 0.4) is 0 Å². The second-order valence-corrected chi connectivity index (χ2v) is 6.02. The smallest absolute Gasteiger partial charge is 0.270 e. The van der Waals surface area contributed by atoms with Crippen molar-refractivity contribution in [1.82, 2.24) is 14.8 Å². The highest BCUT2D eigenvalue weighted by Gasteiger charge is 2.20. The molecule has 0 bridgehead atoms. The van der Waals surface area contributed by atoms with Crippen molar-refractivity contribution in [3.05, 3.63) is 36.0 Å². The fraction of sp³-hybridized carbons (Fsp3) is 0.471. The van der Waals surface area contributed by atoms with Gasteiger partial charge in [-0.15, -0.1) is 0 Å². The maximum atomic E-state index is 12.5. The molecule has 1 amide bonds. The molecule has 2 aromatic rings. The first kappa shape index (κ1) is 16.0. The van der Waals surface area contributed by atoms with Gasteiger partial charge in [0.15, 0.2) is 0 Å². The number of likely N-dealkylation sites (N-methyl/N-ethyl adjacent to an activating group) is 1. The summed E-state index contributed by atoms with van der Waals surface area (Å²) in [5, 5.41) is 11.2. The second kappa shape index (κ2) is 7.12. The van der Waals surface area contributed by atoms with Crippen molar-refractivity contribution in [2.45, 2.75) is 6.10 Å². The zero-order valence-corrected chi connectivity index (χ0v) is 13.4. The number of β-amino-alcohol motifs (C(OH)–C–C–N with tert-alkyl or cyclic N) is 1. The summed E-state index contributed by atoms with van der Waals surface area (Å²) in [4.78, 5) is 19.4. The van der Waals surface area contributed by atoms with Crippen LogP contribution in [0.1, 0.15) is 10.5 Å². The minimum absolute atomic E-state index is 0.109. The summed E-state index contributed by atoms with van der Waals surface area (Å²) in [6, 6.07) is 9.64. The number of aromatic amines is 1. The maximum absolute atomic E-state index is 12.5. The Morgan fingerprint density at radius 3 is 2.87 bits per heavy atom. The molecular formula is C17H23N3O3. The highest BCUT2D eigenvalue weighted by molar-refractivity contribution is 5.97. The van der Waals surface area contributed by atoms with Crippen LogP contribution in [0.15, 0.2) is 30.3 Å². The maximum Gasteiger partial charge on any atom is 0.270 e. The van der Waals surface area contributed by atoms with E-state index in [0.29, 0.717) is 32.0 Å². The summed E-state index contributed by atoms with van der Waals surface area (Å²) in [7, 11) is 1.72. The number of nitrogens with zero attached hydrogens (tertiary/aromatic N) is 2. The van der Waals surface area contributed by atoms with E-state index in [-0.39, 0.29) is 5.91 Å². The summed E-state index contributed by atoms with van der Waals surface area (Å²) in [5.41, 5.74) is 1.49. The molecule has 6 nitrogen and oxygen atoms in total. The third-order valence-electron chi connectivity index (χ3n) is 4.16. The highest BCUT2D eigenvalue weighted by atomic mass is 16.5. The molecule has 0 spiro atoms. The number of carbonyl (C=O) groups excluding carboxylic acids is 1. The van der Waals surface area contributed by atoms with Crippen LogP contribution < -0.4 is 0 Å². The molecule has 23 heavy (non-hydrogen) atoms. The molecule has 2 heterocycles. The standard InChI is InChI=1S/C17H23N3O3/c1-19(11-14(21)12-20-6-8-23-9-7-20)17(22)16-10-13-4-2-3-5-15(13)18-16/h2-5,10,14,18,21H,6-9,11-12H2,1H3. The summed E-state index contributed by atoms with van der Waals surface area (Å²) >= 11 is 0. The number of hydrogen-bond donors (Lipinski definition) is 2. The van der Waals surface area contributed by atoms with Gasteiger partial charge in [0.1, 0.15) is 5.69 Å². The number of ether oxygens (including phenoxy) is 1. The van der Waals surface area contributed by atoms with E-state index in [0.717, 1.165) is 24.0 Å². The van der Waals surface area contributed by atoms with E-state index < -0.39 is 6.10 Å². The topological polar surface area (TPSA) is 68.8 Å². The van der Waals surface area contributed by atoms with Gasteiger partial charge in [-0.1, -0.05) is 18.2 Å². The lowest BCUT2D eigenvalue weighted by atomic mass is 10.2. The van der Waals surface area contributed by atoms with Gasteiger partial charge in [0.2, 0.25) is 0 Å². The Morgan fingerprint density at radius 2 is 2.13 bits per heavy atom. The highest BCUT2D eigenvalue weighted by Crippen LogP contribution is 2.15. The number of morpholine rings is 1. The molecule has 1 atom stereocenters. The van der Waals surface area contributed by atoms with E-state index in [9.17, 15) is 9.90 Å². The fourth-order valence-corrected chi connectivity index (χ4v) is 2.93. The van der Waals surface area contributed by atoms with Crippen LogP contribution in [0.4, 0.5) is 0 Å². The van der Waals surface area contributed by atoms with E-state index in [1.165, 1.54) is 0 Å². The molecule has 1 saturated heterocycles. The number of H-pyrrole nitrogens is 1. The number of carbonyl (C=O) groups is 1. The van der Waals surface area contributed by atoms with Gasteiger partial charge in [-0.2, -0.15) is 0 Å². The quantitative estimate of drug-likeness (QED) is 0.861. The first-order valence-electron chi connectivity index (χ1n) is 7.95. The predicted molar refractivity (Wildman–Crippen MR) is 88.5 cm³/mol. The largest absolute Gasteiger partial charge is 0.390 e. The van der Waals surface area contributed by atoms with Crippen LogP contribution in [-0.4, -0.2) is 78.3 Å². The number of nitrogens with one attached hydrogen (secondary N) is 1. The molecule has 0 radical (unpaired) electrons. The summed E-state index contributed by atoms with van der Waals surface area (Å²) in [6.07, 6.45) is -0.563. The van der Waals surface area contributed by atoms with Gasteiger partial charge in [-0.25, -0.2) is 0 Å². The average Bonchev–Trinajstić information content (AvgIpc) is 2.98. The van der Waals surface area contributed by atoms with E-state index in [2.05, 4.69) is 9.88 Å². The summed E-state index contributed by atoms with van der Waals surface area (Å²) in [6.45, 7) is 3.94. The first-order chi connectivity index (χ1) is 11.1. The molecule has 2 N–H and O–H groups in total.